The average Bonchev–Trinajstić information content (AvgIpc) is 3.10. The van der Waals surface area contributed by atoms with Crippen molar-refractivity contribution < 1.29 is 4.74 Å². The molecule has 1 atom stereocenters. The smallest absolute Gasteiger partial charge is 0.124 e. The molecule has 4 rings (SSSR count). The fourth-order valence-electron chi connectivity index (χ4n) is 3.07. The quantitative estimate of drug-likeness (QED) is 0.758. The number of imidazole rings is 1. The van der Waals surface area contributed by atoms with Crippen molar-refractivity contribution in [3.63, 3.8) is 0 Å². The van der Waals surface area contributed by atoms with E-state index in [9.17, 15) is 0 Å². The summed E-state index contributed by atoms with van der Waals surface area (Å²) in [6, 6.07) is 15.9. The van der Waals surface area contributed by atoms with Crippen LogP contribution >= 0.6 is 11.6 Å². The molecule has 3 aromatic rings. The van der Waals surface area contributed by atoms with E-state index in [1.165, 1.54) is 5.69 Å². The molecular weight excluding hydrogens is 322 g/mol. The summed E-state index contributed by atoms with van der Waals surface area (Å²) in [5.41, 5.74) is 4.46. The highest BCUT2D eigenvalue weighted by atomic mass is 35.5. The first-order valence-corrected chi connectivity index (χ1v) is 8.41. The van der Waals surface area contributed by atoms with Gasteiger partial charge < -0.3 is 15.0 Å². The molecule has 2 aromatic carbocycles. The maximum absolute atomic E-state index is 6.09. The van der Waals surface area contributed by atoms with Gasteiger partial charge in [-0.3, -0.25) is 0 Å². The topological polar surface area (TPSA) is 49.9 Å². The van der Waals surface area contributed by atoms with Gasteiger partial charge in [-0.2, -0.15) is 0 Å². The summed E-state index contributed by atoms with van der Waals surface area (Å²) in [4.78, 5) is 7.73. The summed E-state index contributed by atoms with van der Waals surface area (Å²) in [6.07, 6.45) is 2.74. The largest absolute Gasteiger partial charge is 0.489 e. The van der Waals surface area contributed by atoms with Gasteiger partial charge in [0.25, 0.3) is 0 Å². The SMILES string of the molecule is Clc1ccc(COc2ccccc2[C@H]2NCCc3[nH]cnc32)cc1. The van der Waals surface area contributed by atoms with Crippen molar-refractivity contribution in [2.24, 2.45) is 0 Å². The Kier molecular flexibility index (Phi) is 4.24. The second-order valence-corrected chi connectivity index (χ2v) is 6.29. The summed E-state index contributed by atoms with van der Waals surface area (Å²) in [5.74, 6) is 0.876. The molecule has 24 heavy (non-hydrogen) atoms. The van der Waals surface area contributed by atoms with Gasteiger partial charge in [-0.1, -0.05) is 41.9 Å². The van der Waals surface area contributed by atoms with E-state index in [2.05, 4.69) is 21.4 Å². The van der Waals surface area contributed by atoms with Gasteiger partial charge in [0.2, 0.25) is 0 Å². The Bertz CT molecular complexity index is 829. The highest BCUT2D eigenvalue weighted by molar-refractivity contribution is 6.30. The van der Waals surface area contributed by atoms with Gasteiger partial charge >= 0.3 is 0 Å². The first kappa shape index (κ1) is 15.2. The Labute approximate surface area is 145 Å². The Balaban J connectivity index is 1.59. The number of rotatable bonds is 4. The Morgan fingerprint density at radius 1 is 1.12 bits per heavy atom. The lowest BCUT2D eigenvalue weighted by Crippen LogP contribution is -2.31. The zero-order valence-corrected chi connectivity index (χ0v) is 13.9. The lowest BCUT2D eigenvalue weighted by molar-refractivity contribution is 0.300. The van der Waals surface area contributed by atoms with E-state index in [-0.39, 0.29) is 6.04 Å². The van der Waals surface area contributed by atoms with Gasteiger partial charge in [-0.15, -0.1) is 0 Å². The predicted octanol–water partition coefficient (Wildman–Crippen LogP) is 3.88. The molecule has 1 aliphatic heterocycles. The molecule has 4 nitrogen and oxygen atoms in total. The van der Waals surface area contributed by atoms with Crippen molar-refractivity contribution in [2.75, 3.05) is 6.54 Å². The lowest BCUT2D eigenvalue weighted by atomic mass is 9.97. The molecule has 0 bridgehead atoms. The van der Waals surface area contributed by atoms with Crippen molar-refractivity contribution >= 4 is 11.6 Å². The normalized spacial score (nSPS) is 16.6. The van der Waals surface area contributed by atoms with E-state index >= 15 is 0 Å². The minimum absolute atomic E-state index is 0.0569. The van der Waals surface area contributed by atoms with Crippen LogP contribution < -0.4 is 10.1 Å². The number of benzene rings is 2. The van der Waals surface area contributed by atoms with E-state index in [0.717, 1.165) is 40.6 Å². The molecule has 0 fully saturated rings. The molecule has 2 N–H and O–H groups in total. The maximum atomic E-state index is 6.09. The van der Waals surface area contributed by atoms with Crippen LogP contribution in [-0.4, -0.2) is 16.5 Å². The van der Waals surface area contributed by atoms with Crippen LogP contribution in [0, 0.1) is 0 Å². The number of hydrogen-bond donors (Lipinski definition) is 2. The number of aromatic amines is 1. The van der Waals surface area contributed by atoms with Gasteiger partial charge in [0.05, 0.1) is 18.1 Å². The van der Waals surface area contributed by atoms with Gasteiger partial charge in [-0.25, -0.2) is 4.98 Å². The summed E-state index contributed by atoms with van der Waals surface area (Å²) in [6.45, 7) is 1.43. The van der Waals surface area contributed by atoms with E-state index in [4.69, 9.17) is 16.3 Å². The minimum Gasteiger partial charge on any atom is -0.489 e. The molecule has 2 heterocycles. The first-order chi connectivity index (χ1) is 11.8. The number of fused-ring (bicyclic) bond motifs is 1. The standard InChI is InChI=1S/C19H18ClN3O/c20-14-7-5-13(6-8-14)11-24-17-4-2-1-3-15(17)18-19-16(9-10-21-18)22-12-23-19/h1-8,12,18,21H,9-11H2,(H,22,23)/t18-/m1/s1. The molecule has 0 amide bonds. The van der Waals surface area contributed by atoms with Crippen molar-refractivity contribution in [1.29, 1.82) is 0 Å². The molecule has 122 valence electrons. The van der Waals surface area contributed by atoms with E-state index in [1.54, 1.807) is 6.33 Å². The monoisotopic (exact) mass is 339 g/mol. The summed E-state index contributed by atoms with van der Waals surface area (Å²) in [5, 5.41) is 4.28. The van der Waals surface area contributed by atoms with Gasteiger partial charge in [-0.05, 0) is 23.8 Å². The number of aromatic nitrogens is 2. The number of ether oxygens (including phenoxy) is 1. The molecule has 0 saturated heterocycles. The molecule has 0 aliphatic carbocycles. The number of nitrogens with zero attached hydrogens (tertiary/aromatic N) is 1. The number of hydrogen-bond acceptors (Lipinski definition) is 3. The van der Waals surface area contributed by atoms with E-state index in [1.807, 2.05) is 42.5 Å². The molecule has 5 heteroatoms. The van der Waals surface area contributed by atoms with Crippen LogP contribution in [0.2, 0.25) is 5.02 Å². The first-order valence-electron chi connectivity index (χ1n) is 8.03. The van der Waals surface area contributed by atoms with Gasteiger partial charge in [0, 0.05) is 29.2 Å². The highest BCUT2D eigenvalue weighted by Gasteiger charge is 2.26. The molecule has 0 unspecified atom stereocenters. The Morgan fingerprint density at radius 3 is 2.83 bits per heavy atom. The van der Waals surface area contributed by atoms with Crippen molar-refractivity contribution in [3.8, 4) is 5.75 Å². The summed E-state index contributed by atoms with van der Waals surface area (Å²) in [7, 11) is 0. The Morgan fingerprint density at radius 2 is 1.96 bits per heavy atom. The Hall–Kier alpha value is -2.30. The second-order valence-electron chi connectivity index (χ2n) is 5.86. The highest BCUT2D eigenvalue weighted by Crippen LogP contribution is 2.32. The number of halogens is 1. The third-order valence-corrected chi connectivity index (χ3v) is 4.54. The fraction of sp³-hybridized carbons (Fsp3) is 0.211. The van der Waals surface area contributed by atoms with Crippen LogP contribution in [0.15, 0.2) is 54.9 Å². The molecule has 1 aliphatic rings. The van der Waals surface area contributed by atoms with Crippen LogP contribution in [0.1, 0.15) is 28.6 Å². The number of nitrogens with one attached hydrogen (secondary N) is 2. The number of para-hydroxylation sites is 1. The third-order valence-electron chi connectivity index (χ3n) is 4.29. The molecular formula is C19H18ClN3O. The molecule has 0 saturated carbocycles. The average molecular weight is 340 g/mol. The van der Waals surface area contributed by atoms with Crippen molar-refractivity contribution in [2.45, 2.75) is 19.1 Å². The third kappa shape index (κ3) is 3.03. The predicted molar refractivity (Wildman–Crippen MR) is 94.4 cm³/mol. The van der Waals surface area contributed by atoms with Crippen LogP contribution in [-0.2, 0) is 13.0 Å². The summed E-state index contributed by atoms with van der Waals surface area (Å²) >= 11 is 5.93. The van der Waals surface area contributed by atoms with Crippen LogP contribution in [0.3, 0.4) is 0 Å². The van der Waals surface area contributed by atoms with Crippen LogP contribution in [0.4, 0.5) is 0 Å². The molecule has 0 radical (unpaired) electrons. The zero-order chi connectivity index (χ0) is 16.4. The zero-order valence-electron chi connectivity index (χ0n) is 13.1. The van der Waals surface area contributed by atoms with E-state index < -0.39 is 0 Å². The minimum atomic E-state index is 0.0569. The lowest BCUT2D eigenvalue weighted by Gasteiger charge is -2.25. The number of H-pyrrole nitrogens is 1. The molecule has 1 aromatic heterocycles. The fourth-order valence-corrected chi connectivity index (χ4v) is 3.19. The van der Waals surface area contributed by atoms with Gasteiger partial charge in [0.15, 0.2) is 0 Å². The molecule has 0 spiro atoms. The van der Waals surface area contributed by atoms with Gasteiger partial charge in [0.1, 0.15) is 12.4 Å². The van der Waals surface area contributed by atoms with Crippen LogP contribution in [0.5, 0.6) is 5.75 Å². The summed E-state index contributed by atoms with van der Waals surface area (Å²) < 4.78 is 6.09. The second kappa shape index (κ2) is 6.67. The van der Waals surface area contributed by atoms with Crippen LogP contribution in [0.25, 0.3) is 0 Å². The van der Waals surface area contributed by atoms with Crippen molar-refractivity contribution in [1.82, 2.24) is 15.3 Å². The van der Waals surface area contributed by atoms with E-state index in [0.29, 0.717) is 6.61 Å². The van der Waals surface area contributed by atoms with Crippen molar-refractivity contribution in [3.05, 3.63) is 82.4 Å². The maximum Gasteiger partial charge on any atom is 0.124 e.